The second kappa shape index (κ2) is 13.0. The average molecular weight is 564 g/mol. The van der Waals surface area contributed by atoms with Gasteiger partial charge in [-0.1, -0.05) is 66.7 Å². The zero-order valence-corrected chi connectivity index (χ0v) is 22.8. The topological polar surface area (TPSA) is 102 Å². The van der Waals surface area contributed by atoms with Crippen molar-refractivity contribution in [3.05, 3.63) is 131 Å². The van der Waals surface area contributed by atoms with Crippen molar-refractivity contribution in [2.45, 2.75) is 19.4 Å². The van der Waals surface area contributed by atoms with E-state index in [9.17, 15) is 23.9 Å². The van der Waals surface area contributed by atoms with Crippen LogP contribution in [-0.4, -0.2) is 45.9 Å². The molecule has 0 radical (unpaired) electrons. The van der Waals surface area contributed by atoms with Crippen LogP contribution in [-0.2, 0) is 17.8 Å². The van der Waals surface area contributed by atoms with Gasteiger partial charge in [0.1, 0.15) is 5.82 Å². The molecule has 5 aromatic rings. The predicted octanol–water partition coefficient (Wildman–Crippen LogP) is 6.06. The van der Waals surface area contributed by atoms with E-state index in [1.165, 1.54) is 12.1 Å². The van der Waals surface area contributed by atoms with Crippen molar-refractivity contribution in [3.63, 3.8) is 0 Å². The maximum Gasteiger partial charge on any atom is 0.305 e. The number of carboxylic acids is 1. The Hall–Kier alpha value is -5.24. The van der Waals surface area contributed by atoms with Gasteiger partial charge in [-0.05, 0) is 59.0 Å². The molecule has 0 aliphatic heterocycles. The Balaban J connectivity index is 1.41. The number of carbonyl (C=O) groups excluding carboxylic acids is 2. The van der Waals surface area contributed by atoms with Crippen molar-refractivity contribution in [3.8, 4) is 11.1 Å². The average Bonchev–Trinajstić information content (AvgIpc) is 3.42. The lowest BCUT2D eigenvalue weighted by Crippen LogP contribution is -2.35. The summed E-state index contributed by atoms with van der Waals surface area (Å²) < 4.78 is 13.6. The molecule has 2 amide bonds. The lowest BCUT2D eigenvalue weighted by molar-refractivity contribution is -0.137. The van der Waals surface area contributed by atoms with Crippen LogP contribution >= 0.6 is 0 Å². The Morgan fingerprint density at radius 3 is 2.26 bits per heavy atom. The first-order valence-corrected chi connectivity index (χ1v) is 13.7. The molecule has 0 aliphatic rings. The number of fused-ring (bicyclic) bond motifs is 1. The molecule has 3 N–H and O–H groups in total. The van der Waals surface area contributed by atoms with E-state index < -0.39 is 5.97 Å². The summed E-state index contributed by atoms with van der Waals surface area (Å²) in [5, 5.41) is 13.3. The highest BCUT2D eigenvalue weighted by molar-refractivity contribution is 6.06. The molecule has 7 nitrogen and oxygen atoms in total. The van der Waals surface area contributed by atoms with Gasteiger partial charge in [0, 0.05) is 47.9 Å². The summed E-state index contributed by atoms with van der Waals surface area (Å²) in [6.45, 7) is 0.501. The number of hydrogen-bond donors (Lipinski definition) is 3. The van der Waals surface area contributed by atoms with Gasteiger partial charge in [-0.2, -0.15) is 0 Å². The molecule has 0 saturated heterocycles. The van der Waals surface area contributed by atoms with Crippen LogP contribution in [0.15, 0.2) is 103 Å². The number of amides is 2. The number of para-hydroxylation sites is 1. The number of halogens is 1. The zero-order chi connectivity index (χ0) is 29.5. The molecule has 5 rings (SSSR count). The summed E-state index contributed by atoms with van der Waals surface area (Å²) >= 11 is 0. The highest BCUT2D eigenvalue weighted by Crippen LogP contribution is 2.29. The fourth-order valence-electron chi connectivity index (χ4n) is 5.05. The van der Waals surface area contributed by atoms with Crippen LogP contribution in [0.3, 0.4) is 0 Å². The summed E-state index contributed by atoms with van der Waals surface area (Å²) in [6, 6.07) is 27.9. The number of aliphatic carboxylic acids is 1. The Bertz CT molecular complexity index is 1750. The van der Waals surface area contributed by atoms with Crippen molar-refractivity contribution in [2.24, 2.45) is 0 Å². The minimum atomic E-state index is -0.992. The molecule has 212 valence electrons. The summed E-state index contributed by atoms with van der Waals surface area (Å²) in [7, 11) is 0. The van der Waals surface area contributed by atoms with E-state index in [1.54, 1.807) is 65.6 Å². The fourth-order valence-corrected chi connectivity index (χ4v) is 5.05. The molecule has 0 unspecified atom stereocenters. The Labute approximate surface area is 242 Å². The van der Waals surface area contributed by atoms with Crippen molar-refractivity contribution in [1.82, 2.24) is 15.2 Å². The van der Waals surface area contributed by atoms with Crippen molar-refractivity contribution < 1.29 is 23.9 Å². The molecule has 0 bridgehead atoms. The Kier molecular flexibility index (Phi) is 8.72. The molecule has 0 saturated carbocycles. The van der Waals surface area contributed by atoms with Crippen molar-refractivity contribution in [2.75, 3.05) is 13.1 Å². The molecular weight excluding hydrogens is 533 g/mol. The third-order valence-corrected chi connectivity index (χ3v) is 7.17. The molecule has 8 heteroatoms. The first kappa shape index (κ1) is 28.3. The molecule has 0 fully saturated rings. The maximum absolute atomic E-state index is 14.0. The van der Waals surface area contributed by atoms with Crippen LogP contribution in [0.2, 0.25) is 0 Å². The number of hydrogen-bond acceptors (Lipinski definition) is 3. The molecule has 0 atom stereocenters. The summed E-state index contributed by atoms with van der Waals surface area (Å²) in [6.07, 6.45) is 2.26. The molecule has 1 aromatic heterocycles. The van der Waals surface area contributed by atoms with Crippen LogP contribution in [0.5, 0.6) is 0 Å². The van der Waals surface area contributed by atoms with E-state index in [2.05, 4.69) is 10.3 Å². The predicted molar refractivity (Wildman–Crippen MR) is 160 cm³/mol. The SMILES string of the molecule is O=C(O)CCN(CCc1c[nH]c2ccccc12)C(=O)c1ccccc1-c1ccccc1C(=O)NCc1cccc(F)c1. The standard InChI is InChI=1S/C34H30FN3O4/c35-25-9-7-8-23(20-25)21-37-33(41)29-13-3-1-11-27(29)28-12-2-4-14-30(28)34(42)38(19-17-32(39)40)18-16-24-22-36-31-15-6-5-10-26(24)31/h1-15,20,22,36H,16-19,21H2,(H,37,41)(H,39,40). The number of carboxylic acid groups (broad SMARTS) is 1. The number of aromatic amines is 1. The van der Waals surface area contributed by atoms with Crippen LogP contribution in [0.4, 0.5) is 4.39 Å². The van der Waals surface area contributed by atoms with Gasteiger partial charge in [0.2, 0.25) is 0 Å². The molecule has 0 spiro atoms. The number of nitrogens with one attached hydrogen (secondary N) is 2. The summed E-state index contributed by atoms with van der Waals surface area (Å²) in [5.74, 6) is -2.05. The quantitative estimate of drug-likeness (QED) is 0.182. The normalized spacial score (nSPS) is 10.9. The van der Waals surface area contributed by atoms with Gasteiger partial charge in [0.05, 0.1) is 6.42 Å². The minimum absolute atomic E-state index is 0.0423. The van der Waals surface area contributed by atoms with Crippen molar-refractivity contribution in [1.29, 1.82) is 0 Å². The third-order valence-electron chi connectivity index (χ3n) is 7.17. The maximum atomic E-state index is 14.0. The van der Waals surface area contributed by atoms with Crippen LogP contribution in [0, 0.1) is 5.82 Å². The summed E-state index contributed by atoms with van der Waals surface area (Å²) in [5.41, 5.74) is 4.51. The number of aromatic nitrogens is 1. The van der Waals surface area contributed by atoms with Crippen molar-refractivity contribution >= 4 is 28.7 Å². The molecule has 42 heavy (non-hydrogen) atoms. The summed E-state index contributed by atoms with van der Waals surface area (Å²) in [4.78, 5) is 43.5. The number of nitrogens with zero attached hydrogens (tertiary/aromatic N) is 1. The molecule has 0 aliphatic carbocycles. The Morgan fingerprint density at radius 2 is 1.50 bits per heavy atom. The van der Waals surface area contributed by atoms with Gasteiger partial charge in [-0.15, -0.1) is 0 Å². The fraction of sp³-hybridized carbons (Fsp3) is 0.147. The molecule has 1 heterocycles. The highest BCUT2D eigenvalue weighted by atomic mass is 19.1. The third kappa shape index (κ3) is 6.55. The number of carbonyl (C=O) groups is 3. The van der Waals surface area contributed by atoms with E-state index in [4.69, 9.17) is 0 Å². The lowest BCUT2D eigenvalue weighted by atomic mass is 9.94. The smallest absolute Gasteiger partial charge is 0.305 e. The van der Waals surface area contributed by atoms with Crippen LogP contribution in [0.1, 0.15) is 38.3 Å². The van der Waals surface area contributed by atoms with E-state index in [0.717, 1.165) is 16.5 Å². The van der Waals surface area contributed by atoms with Gasteiger partial charge in [-0.3, -0.25) is 14.4 Å². The molecule has 4 aromatic carbocycles. The highest BCUT2D eigenvalue weighted by Gasteiger charge is 2.23. The number of rotatable bonds is 11. The lowest BCUT2D eigenvalue weighted by Gasteiger charge is -2.24. The van der Waals surface area contributed by atoms with Gasteiger partial charge >= 0.3 is 5.97 Å². The van der Waals surface area contributed by atoms with Crippen LogP contribution < -0.4 is 5.32 Å². The minimum Gasteiger partial charge on any atom is -0.481 e. The zero-order valence-electron chi connectivity index (χ0n) is 22.8. The van der Waals surface area contributed by atoms with Gasteiger partial charge in [0.15, 0.2) is 0 Å². The van der Waals surface area contributed by atoms with Gasteiger partial charge < -0.3 is 20.3 Å². The van der Waals surface area contributed by atoms with E-state index in [1.807, 2.05) is 30.5 Å². The van der Waals surface area contributed by atoms with Gasteiger partial charge in [0.25, 0.3) is 11.8 Å². The Morgan fingerprint density at radius 1 is 0.810 bits per heavy atom. The van der Waals surface area contributed by atoms with E-state index in [-0.39, 0.29) is 37.1 Å². The largest absolute Gasteiger partial charge is 0.481 e. The molecular formula is C34H30FN3O4. The van der Waals surface area contributed by atoms with E-state index >= 15 is 0 Å². The van der Waals surface area contributed by atoms with E-state index in [0.29, 0.717) is 40.8 Å². The number of H-pyrrole nitrogens is 1. The van der Waals surface area contributed by atoms with Crippen LogP contribution in [0.25, 0.3) is 22.0 Å². The first-order chi connectivity index (χ1) is 20.4. The monoisotopic (exact) mass is 563 g/mol. The van der Waals surface area contributed by atoms with Gasteiger partial charge in [-0.25, -0.2) is 4.39 Å². The first-order valence-electron chi connectivity index (χ1n) is 13.7. The second-order valence-corrected chi connectivity index (χ2v) is 9.95. The number of benzene rings is 4. The second-order valence-electron chi connectivity index (χ2n) is 9.95.